The minimum Gasteiger partial charge on any atom is -0.508 e. The quantitative estimate of drug-likeness (QED) is 0.737. The summed E-state index contributed by atoms with van der Waals surface area (Å²) in [6, 6.07) is 8.98. The van der Waals surface area contributed by atoms with Crippen molar-refractivity contribution < 1.29 is 5.11 Å². The van der Waals surface area contributed by atoms with Crippen LogP contribution in [0.2, 0.25) is 0 Å². The molecule has 0 amide bonds. The number of halogens is 2. The Kier molecular flexibility index (Phi) is 4.52. The number of phenols is 1. The van der Waals surface area contributed by atoms with Crippen LogP contribution in [0.4, 0.5) is 0 Å². The molecule has 0 aliphatic carbocycles. The predicted molar refractivity (Wildman–Crippen MR) is 57.9 cm³/mol. The third-order valence-corrected chi connectivity index (χ3v) is 1.59. The second-order valence-corrected chi connectivity index (χ2v) is 2.38. The van der Waals surface area contributed by atoms with Crippen molar-refractivity contribution in [2.75, 3.05) is 0 Å². The van der Waals surface area contributed by atoms with E-state index in [0.29, 0.717) is 0 Å². The lowest BCUT2D eigenvalue weighted by atomic mass is 10.2. The molecule has 0 spiro atoms. The molecule has 1 N–H and O–H groups in total. The number of rotatable bonds is 0. The Hall–Kier alpha value is -0.990. The van der Waals surface area contributed by atoms with Gasteiger partial charge < -0.3 is 5.11 Å². The van der Waals surface area contributed by atoms with Crippen molar-refractivity contribution in [2.45, 2.75) is 0 Å². The lowest BCUT2D eigenvalue weighted by Crippen LogP contribution is -1.75. The van der Waals surface area contributed by atoms with Gasteiger partial charge >= 0.3 is 0 Å². The SMILES string of the molecule is Cl.Cl.Oc1ccc2cccnc2c1. The maximum Gasteiger partial charge on any atom is 0.117 e. The van der Waals surface area contributed by atoms with E-state index in [-0.39, 0.29) is 30.6 Å². The Morgan fingerprint density at radius 3 is 2.62 bits per heavy atom. The first-order valence-electron chi connectivity index (χ1n) is 3.40. The monoisotopic (exact) mass is 217 g/mol. The minimum absolute atomic E-state index is 0. The molecule has 2 rings (SSSR count). The molecule has 70 valence electrons. The first-order valence-corrected chi connectivity index (χ1v) is 3.40. The van der Waals surface area contributed by atoms with Crippen molar-refractivity contribution in [2.24, 2.45) is 0 Å². The molecule has 2 nitrogen and oxygen atoms in total. The highest BCUT2D eigenvalue weighted by Gasteiger charge is 1.92. The Bertz CT molecular complexity index is 392. The van der Waals surface area contributed by atoms with Crippen molar-refractivity contribution in [3.63, 3.8) is 0 Å². The molecule has 13 heavy (non-hydrogen) atoms. The third-order valence-electron chi connectivity index (χ3n) is 1.59. The molecule has 4 heteroatoms. The first-order chi connectivity index (χ1) is 5.36. The fraction of sp³-hybridized carbons (Fsp3) is 0. The van der Waals surface area contributed by atoms with Crippen LogP contribution in [0.25, 0.3) is 10.9 Å². The van der Waals surface area contributed by atoms with Crippen LogP contribution in [0.3, 0.4) is 0 Å². The predicted octanol–water partition coefficient (Wildman–Crippen LogP) is 2.78. The van der Waals surface area contributed by atoms with E-state index in [1.165, 1.54) is 0 Å². The number of pyridine rings is 1. The van der Waals surface area contributed by atoms with E-state index in [1.807, 2.05) is 18.2 Å². The summed E-state index contributed by atoms with van der Waals surface area (Å²) in [6.45, 7) is 0. The Morgan fingerprint density at radius 2 is 1.85 bits per heavy atom. The van der Waals surface area contributed by atoms with Gasteiger partial charge in [0.2, 0.25) is 0 Å². The van der Waals surface area contributed by atoms with Crippen LogP contribution in [-0.4, -0.2) is 10.1 Å². The molecule has 0 saturated carbocycles. The smallest absolute Gasteiger partial charge is 0.117 e. The summed E-state index contributed by atoms with van der Waals surface area (Å²) in [7, 11) is 0. The fourth-order valence-electron chi connectivity index (χ4n) is 1.05. The molecule has 1 heterocycles. The second-order valence-electron chi connectivity index (χ2n) is 2.38. The number of benzene rings is 1. The maximum atomic E-state index is 9.09. The zero-order valence-corrected chi connectivity index (χ0v) is 8.31. The van der Waals surface area contributed by atoms with Crippen molar-refractivity contribution >= 4 is 35.7 Å². The van der Waals surface area contributed by atoms with E-state index < -0.39 is 0 Å². The molecule has 1 aromatic carbocycles. The van der Waals surface area contributed by atoms with Gasteiger partial charge in [0.15, 0.2) is 0 Å². The Labute approximate surface area is 88.4 Å². The number of aromatic nitrogens is 1. The standard InChI is InChI=1S/C9H7NO.2ClH/c11-8-4-3-7-2-1-5-10-9(7)6-8;;/h1-6,11H;2*1H. The highest BCUT2D eigenvalue weighted by atomic mass is 35.5. The summed E-state index contributed by atoms with van der Waals surface area (Å²) in [4.78, 5) is 4.08. The lowest BCUT2D eigenvalue weighted by Gasteiger charge is -1.95. The third kappa shape index (κ3) is 2.47. The van der Waals surface area contributed by atoms with Gasteiger partial charge in [0.05, 0.1) is 5.52 Å². The molecule has 0 aliphatic rings. The molecule has 1 aromatic heterocycles. The number of hydrogen-bond donors (Lipinski definition) is 1. The number of fused-ring (bicyclic) bond motifs is 1. The number of hydrogen-bond acceptors (Lipinski definition) is 2. The van der Waals surface area contributed by atoms with Crippen molar-refractivity contribution in [1.29, 1.82) is 0 Å². The summed E-state index contributed by atoms with van der Waals surface area (Å²) >= 11 is 0. The number of nitrogens with zero attached hydrogens (tertiary/aromatic N) is 1. The van der Waals surface area contributed by atoms with E-state index in [9.17, 15) is 0 Å². The molecule has 0 bridgehead atoms. The van der Waals surface area contributed by atoms with E-state index >= 15 is 0 Å². The summed E-state index contributed by atoms with van der Waals surface area (Å²) in [6.07, 6.45) is 1.71. The minimum atomic E-state index is 0. The van der Waals surface area contributed by atoms with Crippen LogP contribution in [0, 0.1) is 0 Å². The summed E-state index contributed by atoms with van der Waals surface area (Å²) in [5.41, 5.74) is 0.826. The summed E-state index contributed by atoms with van der Waals surface area (Å²) in [5.74, 6) is 0.260. The van der Waals surface area contributed by atoms with Gasteiger partial charge in [-0.25, -0.2) is 0 Å². The zero-order valence-electron chi connectivity index (χ0n) is 6.68. The van der Waals surface area contributed by atoms with Gasteiger partial charge in [0.1, 0.15) is 5.75 Å². The second kappa shape index (κ2) is 4.90. The molecule has 0 fully saturated rings. The van der Waals surface area contributed by atoms with Crippen molar-refractivity contribution in [3.05, 3.63) is 36.5 Å². The number of aromatic hydroxyl groups is 1. The Balaban J connectivity index is 0.000000720. The summed E-state index contributed by atoms with van der Waals surface area (Å²) < 4.78 is 0. The van der Waals surface area contributed by atoms with Crippen LogP contribution in [0.1, 0.15) is 0 Å². The highest BCUT2D eigenvalue weighted by molar-refractivity contribution is 5.85. The average Bonchev–Trinajstić information content (AvgIpc) is 2.04. The van der Waals surface area contributed by atoms with Crippen molar-refractivity contribution in [3.8, 4) is 5.75 Å². The Morgan fingerprint density at radius 1 is 1.08 bits per heavy atom. The molecule has 0 unspecified atom stereocenters. The van der Waals surface area contributed by atoms with Crippen molar-refractivity contribution in [1.82, 2.24) is 4.98 Å². The van der Waals surface area contributed by atoms with Crippen LogP contribution >= 0.6 is 24.8 Å². The van der Waals surface area contributed by atoms with E-state index in [4.69, 9.17) is 5.11 Å². The van der Waals surface area contributed by atoms with Crippen LogP contribution < -0.4 is 0 Å². The molecule has 0 atom stereocenters. The molecule has 0 radical (unpaired) electrons. The van der Waals surface area contributed by atoms with E-state index in [0.717, 1.165) is 10.9 Å². The van der Waals surface area contributed by atoms with E-state index in [2.05, 4.69) is 4.98 Å². The molecule has 2 aromatic rings. The first kappa shape index (κ1) is 12.0. The zero-order chi connectivity index (χ0) is 7.68. The normalized spacial score (nSPS) is 8.62. The van der Waals surface area contributed by atoms with Gasteiger partial charge in [0.25, 0.3) is 0 Å². The van der Waals surface area contributed by atoms with Crippen LogP contribution in [-0.2, 0) is 0 Å². The number of phenolic OH excluding ortho intramolecular Hbond substituents is 1. The maximum absolute atomic E-state index is 9.09. The fourth-order valence-corrected chi connectivity index (χ4v) is 1.05. The van der Waals surface area contributed by atoms with Gasteiger partial charge in [-0.05, 0) is 18.2 Å². The summed E-state index contributed by atoms with van der Waals surface area (Å²) in [5, 5.41) is 10.1. The lowest BCUT2D eigenvalue weighted by molar-refractivity contribution is 0.476. The largest absolute Gasteiger partial charge is 0.508 e. The van der Waals surface area contributed by atoms with Gasteiger partial charge in [0, 0.05) is 17.6 Å². The van der Waals surface area contributed by atoms with Gasteiger partial charge in [-0.1, -0.05) is 6.07 Å². The topological polar surface area (TPSA) is 33.1 Å². The van der Waals surface area contributed by atoms with Gasteiger partial charge in [-0.3, -0.25) is 4.98 Å². The van der Waals surface area contributed by atoms with Crippen LogP contribution in [0.5, 0.6) is 5.75 Å². The molecule has 0 saturated heterocycles. The highest BCUT2D eigenvalue weighted by Crippen LogP contribution is 2.16. The van der Waals surface area contributed by atoms with Gasteiger partial charge in [-0.2, -0.15) is 0 Å². The van der Waals surface area contributed by atoms with Gasteiger partial charge in [-0.15, -0.1) is 24.8 Å². The van der Waals surface area contributed by atoms with Crippen LogP contribution in [0.15, 0.2) is 36.5 Å². The molecule has 0 aliphatic heterocycles. The van der Waals surface area contributed by atoms with E-state index in [1.54, 1.807) is 18.3 Å². The average molecular weight is 218 g/mol. The molecular weight excluding hydrogens is 209 g/mol. The molecular formula is C9H9Cl2NO.